The van der Waals surface area contributed by atoms with Gasteiger partial charge in [0.2, 0.25) is 0 Å². The number of hydrogen-bond donors (Lipinski definition) is 3. The molecule has 0 saturated carbocycles. The fourth-order valence-electron chi connectivity index (χ4n) is 4.18. The Morgan fingerprint density at radius 2 is 1.84 bits per heavy atom. The van der Waals surface area contributed by atoms with Crippen LogP contribution in [0.5, 0.6) is 0 Å². The normalized spacial score (nSPS) is 14.7. The van der Waals surface area contributed by atoms with Crippen LogP contribution in [0.2, 0.25) is 0 Å². The molecular weight excluding hydrogens is 493 g/mol. The molecule has 2 heterocycles. The van der Waals surface area contributed by atoms with Crippen LogP contribution in [0.15, 0.2) is 59.0 Å². The SMILES string of the molecule is Cc1csc(NC(=O)c2cccc(CN3CCN(CCO)CC3)c2)c1C(=O)N/N=C/c1cccc(F)c1. The van der Waals surface area contributed by atoms with E-state index in [4.69, 9.17) is 5.11 Å². The van der Waals surface area contributed by atoms with Crippen molar-refractivity contribution in [3.05, 3.63) is 87.5 Å². The maximum Gasteiger partial charge on any atom is 0.274 e. The molecule has 0 unspecified atom stereocenters. The quantitative estimate of drug-likeness (QED) is 0.295. The number of thiophene rings is 1. The number of carbonyl (C=O) groups is 2. The molecule has 194 valence electrons. The molecule has 1 aliphatic heterocycles. The molecule has 0 aliphatic carbocycles. The Bertz CT molecular complexity index is 1270. The zero-order valence-electron chi connectivity index (χ0n) is 20.6. The summed E-state index contributed by atoms with van der Waals surface area (Å²) in [5.74, 6) is -1.15. The van der Waals surface area contributed by atoms with Gasteiger partial charge in [0.1, 0.15) is 10.8 Å². The Hall–Kier alpha value is -3.44. The summed E-state index contributed by atoms with van der Waals surface area (Å²) < 4.78 is 13.3. The number of carbonyl (C=O) groups excluding carboxylic acids is 2. The number of aryl methyl sites for hydroxylation is 1. The number of rotatable bonds is 9. The zero-order chi connectivity index (χ0) is 26.2. The van der Waals surface area contributed by atoms with Crippen molar-refractivity contribution in [2.75, 3.05) is 44.6 Å². The number of β-amino-alcohol motifs (C(OH)–C–C–N with tert-alkyl or cyclic N) is 1. The van der Waals surface area contributed by atoms with Crippen molar-refractivity contribution in [2.24, 2.45) is 5.10 Å². The highest BCUT2D eigenvalue weighted by atomic mass is 32.1. The van der Waals surface area contributed by atoms with Gasteiger partial charge < -0.3 is 10.4 Å². The molecule has 8 nitrogen and oxygen atoms in total. The van der Waals surface area contributed by atoms with E-state index in [9.17, 15) is 14.0 Å². The Morgan fingerprint density at radius 3 is 2.59 bits per heavy atom. The van der Waals surface area contributed by atoms with E-state index >= 15 is 0 Å². The van der Waals surface area contributed by atoms with Crippen LogP contribution in [0, 0.1) is 12.7 Å². The van der Waals surface area contributed by atoms with Gasteiger partial charge in [-0.15, -0.1) is 11.3 Å². The van der Waals surface area contributed by atoms with E-state index in [-0.39, 0.29) is 12.5 Å². The van der Waals surface area contributed by atoms with E-state index in [1.165, 1.54) is 29.7 Å². The number of anilines is 1. The van der Waals surface area contributed by atoms with E-state index in [2.05, 4.69) is 25.6 Å². The van der Waals surface area contributed by atoms with Gasteiger partial charge in [0.05, 0.1) is 18.4 Å². The minimum atomic E-state index is -0.462. The van der Waals surface area contributed by atoms with Crippen molar-refractivity contribution < 1.29 is 19.1 Å². The number of aliphatic hydroxyl groups excluding tert-OH is 1. The topological polar surface area (TPSA) is 97.3 Å². The summed E-state index contributed by atoms with van der Waals surface area (Å²) in [4.78, 5) is 30.4. The van der Waals surface area contributed by atoms with E-state index < -0.39 is 11.7 Å². The number of hydrazone groups is 1. The molecule has 1 fully saturated rings. The number of aliphatic hydroxyl groups is 1. The molecule has 0 radical (unpaired) electrons. The molecule has 1 aromatic heterocycles. The van der Waals surface area contributed by atoms with Crippen LogP contribution in [0.4, 0.5) is 9.39 Å². The van der Waals surface area contributed by atoms with Crippen molar-refractivity contribution in [2.45, 2.75) is 13.5 Å². The van der Waals surface area contributed by atoms with Gasteiger partial charge in [0.15, 0.2) is 0 Å². The van der Waals surface area contributed by atoms with Crippen LogP contribution in [0.25, 0.3) is 0 Å². The van der Waals surface area contributed by atoms with Crippen molar-refractivity contribution >= 4 is 34.4 Å². The third kappa shape index (κ3) is 7.30. The summed E-state index contributed by atoms with van der Waals surface area (Å²) in [6.45, 7) is 7.04. The minimum absolute atomic E-state index is 0.173. The average Bonchev–Trinajstić information content (AvgIpc) is 3.25. The summed E-state index contributed by atoms with van der Waals surface area (Å²) in [6.07, 6.45) is 1.36. The molecule has 3 N–H and O–H groups in total. The van der Waals surface area contributed by atoms with Crippen LogP contribution in [0.1, 0.15) is 37.4 Å². The van der Waals surface area contributed by atoms with Crippen molar-refractivity contribution in [1.82, 2.24) is 15.2 Å². The molecule has 1 aliphatic rings. The van der Waals surface area contributed by atoms with E-state index in [1.54, 1.807) is 30.5 Å². The Balaban J connectivity index is 1.37. The van der Waals surface area contributed by atoms with Gasteiger partial charge in [-0.3, -0.25) is 19.4 Å². The molecule has 4 rings (SSSR count). The molecular formula is C27H30FN5O3S. The Morgan fingerprint density at radius 1 is 1.08 bits per heavy atom. The lowest BCUT2D eigenvalue weighted by Crippen LogP contribution is -2.46. The zero-order valence-corrected chi connectivity index (χ0v) is 21.4. The largest absolute Gasteiger partial charge is 0.395 e. The summed E-state index contributed by atoms with van der Waals surface area (Å²) >= 11 is 1.27. The van der Waals surface area contributed by atoms with Gasteiger partial charge >= 0.3 is 0 Å². The van der Waals surface area contributed by atoms with Gasteiger partial charge in [-0.2, -0.15) is 5.10 Å². The lowest BCUT2D eigenvalue weighted by Gasteiger charge is -2.34. The summed E-state index contributed by atoms with van der Waals surface area (Å²) in [7, 11) is 0. The summed E-state index contributed by atoms with van der Waals surface area (Å²) in [5, 5.41) is 18.1. The molecule has 0 spiro atoms. The van der Waals surface area contributed by atoms with Gasteiger partial charge in [0.25, 0.3) is 11.8 Å². The molecule has 0 atom stereocenters. The van der Waals surface area contributed by atoms with Crippen LogP contribution in [0.3, 0.4) is 0 Å². The number of benzene rings is 2. The molecule has 2 amide bonds. The highest BCUT2D eigenvalue weighted by Crippen LogP contribution is 2.28. The lowest BCUT2D eigenvalue weighted by molar-refractivity contribution is 0.0956. The Kier molecular flexibility index (Phi) is 9.13. The first-order valence-electron chi connectivity index (χ1n) is 12.1. The number of halogens is 1. The lowest BCUT2D eigenvalue weighted by atomic mass is 10.1. The molecule has 0 bridgehead atoms. The fourth-order valence-corrected chi connectivity index (χ4v) is 5.12. The number of nitrogens with one attached hydrogen (secondary N) is 2. The predicted octanol–water partition coefficient (Wildman–Crippen LogP) is 3.32. The van der Waals surface area contributed by atoms with Gasteiger partial charge in [0, 0.05) is 44.8 Å². The highest BCUT2D eigenvalue weighted by Gasteiger charge is 2.20. The highest BCUT2D eigenvalue weighted by molar-refractivity contribution is 7.15. The van der Waals surface area contributed by atoms with Crippen molar-refractivity contribution in [3.63, 3.8) is 0 Å². The van der Waals surface area contributed by atoms with Gasteiger partial charge in [-0.05, 0) is 53.3 Å². The number of piperazine rings is 1. The second-order valence-electron chi connectivity index (χ2n) is 8.87. The number of hydrogen-bond acceptors (Lipinski definition) is 7. The third-order valence-electron chi connectivity index (χ3n) is 6.13. The first kappa shape index (κ1) is 26.6. The van der Waals surface area contributed by atoms with Crippen LogP contribution in [-0.4, -0.2) is 72.3 Å². The number of nitrogens with zero attached hydrogens (tertiary/aromatic N) is 3. The molecule has 2 aromatic carbocycles. The second-order valence-corrected chi connectivity index (χ2v) is 9.75. The summed E-state index contributed by atoms with van der Waals surface area (Å²) in [6, 6.07) is 13.4. The molecule has 37 heavy (non-hydrogen) atoms. The fraction of sp³-hybridized carbons (Fsp3) is 0.296. The second kappa shape index (κ2) is 12.7. The first-order chi connectivity index (χ1) is 17.9. The maximum atomic E-state index is 13.3. The van der Waals surface area contributed by atoms with Gasteiger partial charge in [-0.25, -0.2) is 9.82 Å². The molecule has 10 heteroatoms. The van der Waals surface area contributed by atoms with Crippen LogP contribution in [-0.2, 0) is 6.54 Å². The average molecular weight is 524 g/mol. The molecule has 3 aromatic rings. The van der Waals surface area contributed by atoms with E-state index in [0.717, 1.165) is 38.3 Å². The van der Waals surface area contributed by atoms with Crippen LogP contribution >= 0.6 is 11.3 Å². The monoisotopic (exact) mass is 523 g/mol. The van der Waals surface area contributed by atoms with E-state index in [0.29, 0.717) is 33.8 Å². The Labute approximate surface area is 219 Å². The first-order valence-corrected chi connectivity index (χ1v) is 12.9. The van der Waals surface area contributed by atoms with Crippen LogP contribution < -0.4 is 10.7 Å². The van der Waals surface area contributed by atoms with Crippen molar-refractivity contribution in [1.29, 1.82) is 0 Å². The summed E-state index contributed by atoms with van der Waals surface area (Å²) in [5.41, 5.74) is 5.57. The predicted molar refractivity (Wildman–Crippen MR) is 144 cm³/mol. The standard InChI is InChI=1S/C27H30FN5O3S/c1-19-18-37-27(24(19)26(36)31-29-16-20-4-3-7-23(28)15-20)30-25(35)22-6-2-5-21(14-22)17-33-10-8-32(9-11-33)12-13-34/h2-7,14-16,18,34H,8-13,17H2,1H3,(H,30,35)(H,31,36)/b29-16+. The number of amides is 2. The third-order valence-corrected chi connectivity index (χ3v) is 7.15. The maximum absolute atomic E-state index is 13.3. The van der Waals surface area contributed by atoms with Crippen molar-refractivity contribution in [3.8, 4) is 0 Å². The minimum Gasteiger partial charge on any atom is -0.395 e. The van der Waals surface area contributed by atoms with Gasteiger partial charge in [-0.1, -0.05) is 24.3 Å². The van der Waals surface area contributed by atoms with E-state index in [1.807, 2.05) is 18.2 Å². The smallest absolute Gasteiger partial charge is 0.274 e. The molecule has 1 saturated heterocycles.